The van der Waals surface area contributed by atoms with Crippen molar-refractivity contribution in [1.29, 1.82) is 0 Å². The number of hydrogen-bond acceptors (Lipinski definition) is 3. The molecule has 1 aromatic rings. The van der Waals surface area contributed by atoms with Gasteiger partial charge < -0.3 is 10.4 Å². The summed E-state index contributed by atoms with van der Waals surface area (Å²) in [6.45, 7) is 0. The Morgan fingerprint density at radius 1 is 1.29 bits per heavy atom. The molecule has 0 spiro atoms. The van der Waals surface area contributed by atoms with Gasteiger partial charge in [0.2, 0.25) is 0 Å². The molecule has 2 N–H and O–H groups in total. The van der Waals surface area contributed by atoms with Gasteiger partial charge in [-0.2, -0.15) is 0 Å². The zero-order chi connectivity index (χ0) is 15.0. The second-order valence-corrected chi connectivity index (χ2v) is 6.41. The predicted octanol–water partition coefficient (Wildman–Crippen LogP) is 2.60. The zero-order valence-corrected chi connectivity index (χ0v) is 12.0. The van der Waals surface area contributed by atoms with E-state index in [1.807, 2.05) is 0 Å². The first kappa shape index (κ1) is 14.2. The van der Waals surface area contributed by atoms with Crippen molar-refractivity contribution >= 4 is 29.4 Å². The van der Waals surface area contributed by atoms with Gasteiger partial charge in [-0.15, -0.1) is 11.8 Å². The summed E-state index contributed by atoms with van der Waals surface area (Å²) in [5.74, 6) is -0.574. The second kappa shape index (κ2) is 5.55. The average Bonchev–Trinajstić information content (AvgIpc) is 3.19. The topological polar surface area (TPSA) is 69.6 Å². The third-order valence-electron chi connectivity index (χ3n) is 3.68. The summed E-state index contributed by atoms with van der Waals surface area (Å²) in [6, 6.07) is 4.18. The molecule has 1 heterocycles. The largest absolute Gasteiger partial charge is 0.480 e. The number of thioether (sulfide) groups is 1. The Hall–Kier alpha value is -1.76. The summed E-state index contributed by atoms with van der Waals surface area (Å²) in [6.07, 6.45) is 2.06. The maximum absolute atomic E-state index is 12.9. The van der Waals surface area contributed by atoms with Crippen molar-refractivity contribution in [2.24, 2.45) is 5.92 Å². The highest BCUT2D eigenvalue weighted by molar-refractivity contribution is 8.00. The van der Waals surface area contributed by atoms with Crippen LogP contribution >= 0.6 is 11.8 Å². The second-order valence-electron chi connectivity index (χ2n) is 5.26. The van der Waals surface area contributed by atoms with Crippen LogP contribution in [0.1, 0.15) is 12.8 Å². The van der Waals surface area contributed by atoms with Crippen molar-refractivity contribution in [2.75, 3.05) is 11.1 Å². The molecule has 112 valence electrons. The summed E-state index contributed by atoms with van der Waals surface area (Å²) in [5, 5.41) is 11.8. The minimum absolute atomic E-state index is 0.0773. The maximum Gasteiger partial charge on any atom is 0.327 e. The van der Waals surface area contributed by atoms with Gasteiger partial charge in [0.1, 0.15) is 11.9 Å². The fourth-order valence-corrected chi connectivity index (χ4v) is 4.07. The number of halogens is 1. The van der Waals surface area contributed by atoms with Crippen molar-refractivity contribution in [3.63, 3.8) is 0 Å². The molecule has 2 amide bonds. The number of nitrogens with one attached hydrogen (secondary N) is 1. The van der Waals surface area contributed by atoms with Crippen LogP contribution in [0.15, 0.2) is 24.3 Å². The summed E-state index contributed by atoms with van der Waals surface area (Å²) in [7, 11) is 0. The number of carboxylic acid groups (broad SMARTS) is 1. The van der Waals surface area contributed by atoms with E-state index in [-0.39, 0.29) is 11.2 Å². The predicted molar refractivity (Wildman–Crippen MR) is 77.7 cm³/mol. The Morgan fingerprint density at radius 2 is 1.95 bits per heavy atom. The molecule has 21 heavy (non-hydrogen) atoms. The summed E-state index contributed by atoms with van der Waals surface area (Å²) in [5.41, 5.74) is 0.456. The molecule has 2 unspecified atom stereocenters. The average molecular weight is 310 g/mol. The third-order valence-corrected chi connectivity index (χ3v) is 5.14. The maximum atomic E-state index is 12.9. The number of carboxylic acids is 1. The van der Waals surface area contributed by atoms with Crippen molar-refractivity contribution in [3.8, 4) is 0 Å². The van der Waals surface area contributed by atoms with Crippen LogP contribution in [-0.4, -0.2) is 39.2 Å². The lowest BCUT2D eigenvalue weighted by molar-refractivity contribution is -0.141. The Morgan fingerprint density at radius 3 is 2.52 bits per heavy atom. The molecule has 2 fully saturated rings. The van der Waals surface area contributed by atoms with Gasteiger partial charge >= 0.3 is 12.0 Å². The highest BCUT2D eigenvalue weighted by atomic mass is 32.2. The minimum Gasteiger partial charge on any atom is -0.480 e. The molecule has 2 atom stereocenters. The van der Waals surface area contributed by atoms with Gasteiger partial charge in [-0.3, -0.25) is 4.90 Å². The van der Waals surface area contributed by atoms with Crippen molar-refractivity contribution in [3.05, 3.63) is 30.1 Å². The van der Waals surface area contributed by atoms with E-state index in [0.717, 1.165) is 12.8 Å². The van der Waals surface area contributed by atoms with Crippen molar-refractivity contribution < 1.29 is 19.1 Å². The number of benzene rings is 1. The number of hydrogen-bond donors (Lipinski definition) is 2. The molecule has 1 aromatic carbocycles. The van der Waals surface area contributed by atoms with Crippen LogP contribution in [-0.2, 0) is 4.79 Å². The molecular weight excluding hydrogens is 295 g/mol. The van der Waals surface area contributed by atoms with Gasteiger partial charge in [-0.05, 0) is 43.0 Å². The zero-order valence-electron chi connectivity index (χ0n) is 11.2. The fourth-order valence-electron chi connectivity index (χ4n) is 2.44. The molecule has 3 rings (SSSR count). The van der Waals surface area contributed by atoms with Gasteiger partial charge in [-0.1, -0.05) is 0 Å². The molecule has 1 aliphatic carbocycles. The Labute approximate surface area is 125 Å². The molecule has 0 radical (unpaired) electrons. The quantitative estimate of drug-likeness (QED) is 0.900. The van der Waals surface area contributed by atoms with E-state index in [1.54, 1.807) is 0 Å². The Bertz CT molecular complexity index is 562. The smallest absolute Gasteiger partial charge is 0.327 e. The first-order valence-electron chi connectivity index (χ1n) is 6.75. The highest BCUT2D eigenvalue weighted by Crippen LogP contribution is 2.45. The van der Waals surface area contributed by atoms with Crippen LogP contribution in [0.25, 0.3) is 0 Å². The van der Waals surface area contributed by atoms with Crippen LogP contribution < -0.4 is 5.32 Å². The van der Waals surface area contributed by atoms with E-state index >= 15 is 0 Å². The van der Waals surface area contributed by atoms with Crippen LogP contribution in [0, 0.1) is 11.7 Å². The van der Waals surface area contributed by atoms with Gasteiger partial charge in [0.15, 0.2) is 0 Å². The van der Waals surface area contributed by atoms with E-state index in [1.165, 1.54) is 40.9 Å². The van der Waals surface area contributed by atoms with Crippen molar-refractivity contribution in [2.45, 2.75) is 24.3 Å². The molecule has 0 bridgehead atoms. The lowest BCUT2D eigenvalue weighted by Crippen LogP contribution is -2.48. The number of anilines is 1. The summed E-state index contributed by atoms with van der Waals surface area (Å²) < 4.78 is 12.9. The lowest BCUT2D eigenvalue weighted by Gasteiger charge is -2.27. The summed E-state index contributed by atoms with van der Waals surface area (Å²) in [4.78, 5) is 25.1. The normalized spacial score (nSPS) is 24.9. The fraction of sp³-hybridized carbons (Fsp3) is 0.429. The van der Waals surface area contributed by atoms with Gasteiger partial charge in [-0.25, -0.2) is 14.0 Å². The SMILES string of the molecule is O=C(O)C1CSC(C2CC2)N1C(=O)Nc1ccc(F)cc1. The third kappa shape index (κ3) is 2.97. The number of nitrogens with zero attached hydrogens (tertiary/aromatic N) is 1. The van der Waals surface area contributed by atoms with Crippen LogP contribution in [0.4, 0.5) is 14.9 Å². The molecular formula is C14H15FN2O3S. The van der Waals surface area contributed by atoms with E-state index < -0.39 is 18.0 Å². The number of carbonyl (C=O) groups excluding carboxylic acids is 1. The van der Waals surface area contributed by atoms with E-state index in [0.29, 0.717) is 17.4 Å². The molecule has 1 saturated heterocycles. The van der Waals surface area contributed by atoms with Crippen LogP contribution in [0.3, 0.4) is 0 Å². The number of aliphatic carboxylic acids is 1. The molecule has 1 saturated carbocycles. The Kier molecular flexibility index (Phi) is 3.75. The minimum atomic E-state index is -0.986. The van der Waals surface area contributed by atoms with Gasteiger partial charge in [0.05, 0.1) is 5.37 Å². The standard InChI is InChI=1S/C14H15FN2O3S/c15-9-3-5-10(6-4-9)16-14(20)17-11(13(18)19)7-21-12(17)8-1-2-8/h3-6,8,11-12H,1-2,7H2,(H,16,20)(H,18,19). The Balaban J connectivity index is 1.76. The van der Waals surface area contributed by atoms with Crippen LogP contribution in [0.5, 0.6) is 0 Å². The number of amides is 2. The van der Waals surface area contributed by atoms with E-state index in [9.17, 15) is 19.1 Å². The highest BCUT2D eigenvalue weighted by Gasteiger charge is 2.48. The molecule has 5 nitrogen and oxygen atoms in total. The summed E-state index contributed by atoms with van der Waals surface area (Å²) >= 11 is 1.52. The molecule has 7 heteroatoms. The van der Waals surface area contributed by atoms with Crippen molar-refractivity contribution in [1.82, 2.24) is 4.90 Å². The van der Waals surface area contributed by atoms with Gasteiger partial charge in [0, 0.05) is 11.4 Å². The monoisotopic (exact) mass is 310 g/mol. The van der Waals surface area contributed by atoms with E-state index in [2.05, 4.69) is 5.32 Å². The molecule has 2 aliphatic rings. The molecule has 0 aromatic heterocycles. The number of urea groups is 1. The number of carbonyl (C=O) groups is 2. The first-order valence-corrected chi connectivity index (χ1v) is 7.80. The lowest BCUT2D eigenvalue weighted by atomic mass is 10.2. The molecule has 1 aliphatic heterocycles. The first-order chi connectivity index (χ1) is 10.1. The van der Waals surface area contributed by atoms with E-state index in [4.69, 9.17) is 0 Å². The van der Waals surface area contributed by atoms with Gasteiger partial charge in [0.25, 0.3) is 0 Å². The van der Waals surface area contributed by atoms with Crippen LogP contribution in [0.2, 0.25) is 0 Å². The number of rotatable bonds is 3.